The molecule has 3 aliphatic rings. The maximum atomic E-state index is 13.1. The van der Waals surface area contributed by atoms with Gasteiger partial charge in [0.05, 0.1) is 11.5 Å². The summed E-state index contributed by atoms with van der Waals surface area (Å²) in [5.74, 6) is -0.559. The number of likely N-dealkylation sites (tertiary alicyclic amines) is 1. The third kappa shape index (κ3) is 3.71. The van der Waals surface area contributed by atoms with E-state index >= 15 is 0 Å². The van der Waals surface area contributed by atoms with Gasteiger partial charge in [0.1, 0.15) is 4.90 Å². The Morgan fingerprint density at radius 3 is 2.60 bits per heavy atom. The molecular weight excluding hydrogens is 406 g/mol. The van der Waals surface area contributed by atoms with Crippen molar-refractivity contribution >= 4 is 27.7 Å². The minimum Gasteiger partial charge on any atom is -0.356 e. The van der Waals surface area contributed by atoms with E-state index in [-0.39, 0.29) is 33.8 Å². The van der Waals surface area contributed by atoms with E-state index < -0.39 is 22.0 Å². The first-order chi connectivity index (χ1) is 14.2. The van der Waals surface area contributed by atoms with Crippen LogP contribution in [0.5, 0.6) is 0 Å². The quantitative estimate of drug-likeness (QED) is 0.760. The third-order valence-electron chi connectivity index (χ3n) is 6.01. The summed E-state index contributed by atoms with van der Waals surface area (Å²) in [6, 6.07) is 3.69. The number of nitrogens with one attached hydrogen (secondary N) is 1. The molecule has 1 aromatic carbocycles. The van der Waals surface area contributed by atoms with Crippen molar-refractivity contribution in [3.05, 3.63) is 29.3 Å². The van der Waals surface area contributed by atoms with E-state index in [0.717, 1.165) is 30.0 Å². The highest BCUT2D eigenvalue weighted by Crippen LogP contribution is 2.33. The zero-order valence-corrected chi connectivity index (χ0v) is 18.1. The van der Waals surface area contributed by atoms with Crippen molar-refractivity contribution in [2.75, 3.05) is 19.6 Å². The lowest BCUT2D eigenvalue weighted by Gasteiger charge is -2.32. The van der Waals surface area contributed by atoms with Gasteiger partial charge in [-0.05, 0) is 63.6 Å². The number of carbonyl (C=O) groups excluding carboxylic acids is 3. The molecule has 1 N–H and O–H groups in total. The van der Waals surface area contributed by atoms with Gasteiger partial charge in [-0.25, -0.2) is 12.7 Å². The SMILES string of the molecule is CC(C)N1C(=O)c2ccc(C(=O)N3CCC[C@H](C(=O)NCC4CC4)C3)cc2S1(=O)=O. The number of carbonyl (C=O) groups is 3. The molecule has 3 amide bonds. The molecule has 2 aliphatic heterocycles. The van der Waals surface area contributed by atoms with Crippen LogP contribution in [-0.2, 0) is 14.8 Å². The molecule has 4 rings (SSSR count). The van der Waals surface area contributed by atoms with Gasteiger partial charge in [-0.1, -0.05) is 0 Å². The molecule has 162 valence electrons. The van der Waals surface area contributed by atoms with Crippen LogP contribution < -0.4 is 5.32 Å². The third-order valence-corrected chi connectivity index (χ3v) is 8.01. The number of fused-ring (bicyclic) bond motifs is 1. The van der Waals surface area contributed by atoms with Gasteiger partial charge in [-0.2, -0.15) is 0 Å². The highest BCUT2D eigenvalue weighted by atomic mass is 32.2. The first-order valence-corrected chi connectivity index (χ1v) is 11.9. The fourth-order valence-corrected chi connectivity index (χ4v) is 5.95. The van der Waals surface area contributed by atoms with Gasteiger partial charge >= 0.3 is 0 Å². The van der Waals surface area contributed by atoms with Gasteiger partial charge in [-0.15, -0.1) is 0 Å². The van der Waals surface area contributed by atoms with Crippen LogP contribution in [0.1, 0.15) is 60.2 Å². The molecule has 9 heteroatoms. The second-order valence-corrected chi connectivity index (χ2v) is 10.5. The molecule has 30 heavy (non-hydrogen) atoms. The molecule has 1 aliphatic carbocycles. The zero-order valence-electron chi connectivity index (χ0n) is 17.3. The Kier molecular flexibility index (Phi) is 5.34. The first-order valence-electron chi connectivity index (χ1n) is 10.5. The molecule has 1 atom stereocenters. The summed E-state index contributed by atoms with van der Waals surface area (Å²) in [5, 5.41) is 2.98. The molecule has 1 saturated heterocycles. The molecule has 2 fully saturated rings. The van der Waals surface area contributed by atoms with Crippen LogP contribution in [0.15, 0.2) is 23.1 Å². The Morgan fingerprint density at radius 2 is 1.93 bits per heavy atom. The van der Waals surface area contributed by atoms with Crippen LogP contribution in [-0.4, -0.2) is 61.0 Å². The largest absolute Gasteiger partial charge is 0.356 e. The average Bonchev–Trinajstić information content (AvgIpc) is 3.52. The Hall–Kier alpha value is -2.42. The van der Waals surface area contributed by atoms with Gasteiger partial charge in [0.2, 0.25) is 5.91 Å². The summed E-state index contributed by atoms with van der Waals surface area (Å²) >= 11 is 0. The van der Waals surface area contributed by atoms with E-state index in [1.54, 1.807) is 18.7 Å². The highest BCUT2D eigenvalue weighted by molar-refractivity contribution is 7.90. The van der Waals surface area contributed by atoms with Gasteiger partial charge in [0.25, 0.3) is 21.8 Å². The minimum absolute atomic E-state index is 0.0193. The lowest BCUT2D eigenvalue weighted by molar-refractivity contribution is -0.126. The van der Waals surface area contributed by atoms with E-state index in [1.165, 1.54) is 18.2 Å². The maximum absolute atomic E-state index is 13.1. The second-order valence-electron chi connectivity index (χ2n) is 8.69. The molecule has 0 unspecified atom stereocenters. The summed E-state index contributed by atoms with van der Waals surface area (Å²) < 4.78 is 26.4. The Balaban J connectivity index is 1.51. The number of rotatable bonds is 5. The molecule has 2 heterocycles. The lowest BCUT2D eigenvalue weighted by Crippen LogP contribution is -2.45. The summed E-state index contributed by atoms with van der Waals surface area (Å²) in [4.78, 5) is 39.5. The predicted octanol–water partition coefficient (Wildman–Crippen LogP) is 1.62. The van der Waals surface area contributed by atoms with E-state index in [4.69, 9.17) is 0 Å². The van der Waals surface area contributed by atoms with Crippen LogP contribution in [0.4, 0.5) is 0 Å². The number of benzene rings is 1. The minimum atomic E-state index is -3.97. The molecule has 0 radical (unpaired) electrons. The summed E-state index contributed by atoms with van der Waals surface area (Å²) in [5.41, 5.74) is 0.311. The van der Waals surface area contributed by atoms with Crippen LogP contribution in [0.2, 0.25) is 0 Å². The maximum Gasteiger partial charge on any atom is 0.269 e. The fourth-order valence-electron chi connectivity index (χ4n) is 4.16. The summed E-state index contributed by atoms with van der Waals surface area (Å²) in [7, 11) is -3.97. The smallest absolute Gasteiger partial charge is 0.269 e. The van der Waals surface area contributed by atoms with Crippen LogP contribution in [0, 0.1) is 11.8 Å². The van der Waals surface area contributed by atoms with Gasteiger partial charge in [0, 0.05) is 31.2 Å². The second kappa shape index (κ2) is 7.68. The number of piperidine rings is 1. The van der Waals surface area contributed by atoms with E-state index in [1.807, 2.05) is 0 Å². The molecule has 0 aromatic heterocycles. The standard InChI is InChI=1S/C21H27N3O5S/c1-13(2)24-21(27)17-8-7-15(10-18(17)30(24,28)29)20(26)23-9-3-4-16(12-23)19(25)22-11-14-5-6-14/h7-8,10,13-14,16H,3-6,9,11-12H2,1-2H3,(H,22,25)/t16-/m0/s1. The molecule has 0 bridgehead atoms. The summed E-state index contributed by atoms with van der Waals surface area (Å²) in [6.07, 6.45) is 3.77. The van der Waals surface area contributed by atoms with Crippen molar-refractivity contribution < 1.29 is 22.8 Å². The highest BCUT2D eigenvalue weighted by Gasteiger charge is 2.43. The van der Waals surface area contributed by atoms with Crippen molar-refractivity contribution in [1.82, 2.24) is 14.5 Å². The number of amides is 3. The Morgan fingerprint density at radius 1 is 1.20 bits per heavy atom. The Bertz CT molecular complexity index is 1000. The van der Waals surface area contributed by atoms with Crippen molar-refractivity contribution in [3.8, 4) is 0 Å². The fraction of sp³-hybridized carbons (Fsp3) is 0.571. The van der Waals surface area contributed by atoms with Crippen LogP contribution in [0.3, 0.4) is 0 Å². The van der Waals surface area contributed by atoms with E-state index in [2.05, 4.69) is 5.32 Å². The first kappa shape index (κ1) is 20.8. The lowest BCUT2D eigenvalue weighted by atomic mass is 9.96. The van der Waals surface area contributed by atoms with Crippen molar-refractivity contribution in [2.24, 2.45) is 11.8 Å². The van der Waals surface area contributed by atoms with E-state index in [0.29, 0.717) is 25.6 Å². The molecular formula is C21H27N3O5S. The number of nitrogens with zero attached hydrogens (tertiary/aromatic N) is 2. The van der Waals surface area contributed by atoms with E-state index in [9.17, 15) is 22.8 Å². The Labute approximate surface area is 176 Å². The normalized spacial score (nSPS) is 22.9. The summed E-state index contributed by atoms with van der Waals surface area (Å²) in [6.45, 7) is 4.81. The molecule has 1 saturated carbocycles. The van der Waals surface area contributed by atoms with Gasteiger partial charge < -0.3 is 10.2 Å². The van der Waals surface area contributed by atoms with Crippen molar-refractivity contribution in [3.63, 3.8) is 0 Å². The molecule has 8 nitrogen and oxygen atoms in total. The molecule has 1 aromatic rings. The topological polar surface area (TPSA) is 104 Å². The van der Waals surface area contributed by atoms with Crippen LogP contribution in [0.25, 0.3) is 0 Å². The van der Waals surface area contributed by atoms with Gasteiger partial charge in [-0.3, -0.25) is 14.4 Å². The monoisotopic (exact) mass is 433 g/mol. The average molecular weight is 434 g/mol. The van der Waals surface area contributed by atoms with Crippen molar-refractivity contribution in [1.29, 1.82) is 0 Å². The zero-order chi connectivity index (χ0) is 21.6. The number of hydrogen-bond acceptors (Lipinski definition) is 5. The predicted molar refractivity (Wildman–Crippen MR) is 109 cm³/mol. The number of sulfonamides is 1. The number of hydrogen-bond donors (Lipinski definition) is 1. The van der Waals surface area contributed by atoms with Gasteiger partial charge in [0.15, 0.2) is 0 Å². The molecule has 0 spiro atoms. The van der Waals surface area contributed by atoms with Crippen LogP contribution >= 0.6 is 0 Å². The van der Waals surface area contributed by atoms with Crippen molar-refractivity contribution in [2.45, 2.75) is 50.5 Å².